The van der Waals surface area contributed by atoms with E-state index in [0.29, 0.717) is 10.6 Å². The number of para-hydroxylation sites is 1. The zero-order valence-corrected chi connectivity index (χ0v) is 14.9. The summed E-state index contributed by atoms with van der Waals surface area (Å²) in [7, 11) is 0. The molecular formula is C18H17ClN2O5. The van der Waals surface area contributed by atoms with Gasteiger partial charge < -0.3 is 10.1 Å². The first-order chi connectivity index (χ1) is 12.3. The zero-order valence-electron chi connectivity index (χ0n) is 14.2. The van der Waals surface area contributed by atoms with Gasteiger partial charge in [0.2, 0.25) is 0 Å². The van der Waals surface area contributed by atoms with Crippen LogP contribution < -0.4 is 5.32 Å². The van der Waals surface area contributed by atoms with Gasteiger partial charge in [-0.15, -0.1) is 0 Å². The molecule has 26 heavy (non-hydrogen) atoms. The number of halogens is 1. The number of esters is 1. The maximum absolute atomic E-state index is 12.1. The van der Waals surface area contributed by atoms with Gasteiger partial charge in [-0.1, -0.05) is 35.9 Å². The van der Waals surface area contributed by atoms with Crippen molar-refractivity contribution in [1.82, 2.24) is 5.32 Å². The molecule has 1 amide bonds. The van der Waals surface area contributed by atoms with Gasteiger partial charge in [0.15, 0.2) is 6.61 Å². The Morgan fingerprint density at radius 1 is 1.27 bits per heavy atom. The van der Waals surface area contributed by atoms with Gasteiger partial charge in [0.05, 0.1) is 11.0 Å². The summed E-state index contributed by atoms with van der Waals surface area (Å²) < 4.78 is 4.91. The number of amides is 1. The van der Waals surface area contributed by atoms with E-state index < -0.39 is 23.4 Å². The summed E-state index contributed by atoms with van der Waals surface area (Å²) in [4.78, 5) is 34.6. The van der Waals surface area contributed by atoms with Crippen LogP contribution >= 0.6 is 11.6 Å². The van der Waals surface area contributed by atoms with Gasteiger partial charge in [0.25, 0.3) is 11.6 Å². The molecule has 0 fully saturated rings. The van der Waals surface area contributed by atoms with Gasteiger partial charge in [0, 0.05) is 10.6 Å². The lowest BCUT2D eigenvalue weighted by molar-refractivity contribution is -0.385. The monoisotopic (exact) mass is 376 g/mol. The van der Waals surface area contributed by atoms with Crippen LogP contribution in [-0.4, -0.2) is 23.4 Å². The van der Waals surface area contributed by atoms with E-state index in [1.54, 1.807) is 31.2 Å². The van der Waals surface area contributed by atoms with Crippen molar-refractivity contribution in [3.8, 4) is 0 Å². The van der Waals surface area contributed by atoms with Crippen molar-refractivity contribution >= 4 is 29.2 Å². The minimum atomic E-state index is -0.925. The third kappa shape index (κ3) is 4.80. The van der Waals surface area contributed by atoms with Crippen LogP contribution in [0.5, 0.6) is 0 Å². The first-order valence-corrected chi connectivity index (χ1v) is 8.13. The number of carbonyl (C=O) groups is 2. The second kappa shape index (κ2) is 8.44. The van der Waals surface area contributed by atoms with Crippen molar-refractivity contribution < 1.29 is 19.2 Å². The minimum Gasteiger partial charge on any atom is -0.452 e. The fraction of sp³-hybridized carbons (Fsp3) is 0.222. The summed E-state index contributed by atoms with van der Waals surface area (Å²) in [5.41, 5.74) is 0.617. The van der Waals surface area contributed by atoms with E-state index in [1.807, 2.05) is 0 Å². The highest BCUT2D eigenvalue weighted by molar-refractivity contribution is 6.30. The predicted molar refractivity (Wildman–Crippen MR) is 96.1 cm³/mol. The van der Waals surface area contributed by atoms with Gasteiger partial charge in [-0.3, -0.25) is 14.9 Å². The Labute approximate surface area is 155 Å². The van der Waals surface area contributed by atoms with Crippen molar-refractivity contribution in [3.63, 3.8) is 0 Å². The number of nitro benzene ring substituents is 1. The van der Waals surface area contributed by atoms with E-state index in [-0.39, 0.29) is 17.3 Å². The maximum Gasteiger partial charge on any atom is 0.345 e. The van der Waals surface area contributed by atoms with Gasteiger partial charge in [-0.2, -0.15) is 0 Å². The molecule has 0 bridgehead atoms. The van der Waals surface area contributed by atoms with Crippen molar-refractivity contribution in [2.24, 2.45) is 0 Å². The summed E-state index contributed by atoms with van der Waals surface area (Å²) in [5.74, 6) is -1.45. The topological polar surface area (TPSA) is 98.5 Å². The lowest BCUT2D eigenvalue weighted by Crippen LogP contribution is -2.31. The second-order valence-electron chi connectivity index (χ2n) is 5.65. The standard InChI is InChI=1S/C18H17ClN2O5/c1-11-5-3-8-15(17(11)21(24)25)18(23)26-10-16(22)20-12(2)13-6-4-7-14(19)9-13/h3-9,12H,10H2,1-2H3,(H,20,22)/t12-/m1/s1. The van der Waals surface area contributed by atoms with E-state index in [0.717, 1.165) is 5.56 Å². The van der Waals surface area contributed by atoms with Crippen LogP contribution in [0.2, 0.25) is 5.02 Å². The third-order valence-electron chi connectivity index (χ3n) is 3.70. The fourth-order valence-corrected chi connectivity index (χ4v) is 2.62. The molecule has 0 saturated carbocycles. The number of nitro groups is 1. The number of hydrogen-bond donors (Lipinski definition) is 1. The number of nitrogens with zero attached hydrogens (tertiary/aromatic N) is 1. The number of benzene rings is 2. The number of rotatable bonds is 6. The summed E-state index contributed by atoms with van der Waals surface area (Å²) in [6.45, 7) is 2.74. The van der Waals surface area contributed by atoms with E-state index in [1.165, 1.54) is 25.1 Å². The maximum atomic E-state index is 12.1. The fourth-order valence-electron chi connectivity index (χ4n) is 2.42. The SMILES string of the molecule is Cc1cccc(C(=O)OCC(=O)N[C@H](C)c2cccc(Cl)c2)c1[N+](=O)[O-]. The molecule has 0 aliphatic heterocycles. The summed E-state index contributed by atoms with van der Waals surface area (Å²) in [6, 6.07) is 11.0. The molecule has 0 spiro atoms. The van der Waals surface area contributed by atoms with Crippen molar-refractivity contribution in [1.29, 1.82) is 0 Å². The Hall–Kier alpha value is -2.93. The quantitative estimate of drug-likeness (QED) is 0.472. The Balaban J connectivity index is 1.98. The molecule has 0 saturated heterocycles. The third-order valence-corrected chi connectivity index (χ3v) is 3.94. The van der Waals surface area contributed by atoms with E-state index in [2.05, 4.69) is 5.32 Å². The smallest absolute Gasteiger partial charge is 0.345 e. The molecular weight excluding hydrogens is 360 g/mol. The predicted octanol–water partition coefficient (Wildman–Crippen LogP) is 3.59. The van der Waals surface area contributed by atoms with Crippen molar-refractivity contribution in [2.75, 3.05) is 6.61 Å². The average Bonchev–Trinajstić information content (AvgIpc) is 2.59. The van der Waals surface area contributed by atoms with Gasteiger partial charge in [-0.05, 0) is 37.6 Å². The van der Waals surface area contributed by atoms with Gasteiger partial charge >= 0.3 is 5.97 Å². The number of nitrogens with one attached hydrogen (secondary N) is 1. The highest BCUT2D eigenvalue weighted by atomic mass is 35.5. The lowest BCUT2D eigenvalue weighted by atomic mass is 10.1. The Morgan fingerprint density at radius 2 is 1.96 bits per heavy atom. The summed E-state index contributed by atoms with van der Waals surface area (Å²) >= 11 is 5.91. The molecule has 2 aromatic carbocycles. The van der Waals surface area contributed by atoms with Crippen LogP contribution in [-0.2, 0) is 9.53 Å². The first kappa shape index (κ1) is 19.4. The molecule has 2 rings (SSSR count). The van der Waals surface area contributed by atoms with Crippen molar-refractivity contribution in [3.05, 3.63) is 74.3 Å². The Morgan fingerprint density at radius 3 is 2.62 bits per heavy atom. The number of carbonyl (C=O) groups excluding carboxylic acids is 2. The molecule has 0 aromatic heterocycles. The molecule has 136 valence electrons. The lowest BCUT2D eigenvalue weighted by Gasteiger charge is -2.14. The molecule has 0 radical (unpaired) electrons. The summed E-state index contributed by atoms with van der Waals surface area (Å²) in [6.07, 6.45) is 0. The van der Waals surface area contributed by atoms with Gasteiger partial charge in [0.1, 0.15) is 5.56 Å². The molecule has 0 aliphatic carbocycles. The van der Waals surface area contributed by atoms with Crippen LogP contribution in [0.4, 0.5) is 5.69 Å². The highest BCUT2D eigenvalue weighted by Crippen LogP contribution is 2.23. The number of ether oxygens (including phenoxy) is 1. The van der Waals surface area contributed by atoms with Crippen LogP contribution in [0.15, 0.2) is 42.5 Å². The largest absolute Gasteiger partial charge is 0.452 e. The van der Waals surface area contributed by atoms with E-state index >= 15 is 0 Å². The number of hydrogen-bond acceptors (Lipinski definition) is 5. The van der Waals surface area contributed by atoms with Gasteiger partial charge in [-0.25, -0.2) is 4.79 Å². The molecule has 0 aliphatic rings. The minimum absolute atomic E-state index is 0.189. The normalized spacial score (nSPS) is 11.5. The Bertz CT molecular complexity index is 853. The average molecular weight is 377 g/mol. The Kier molecular flexibility index (Phi) is 6.30. The van der Waals surface area contributed by atoms with Crippen LogP contribution in [0.1, 0.15) is 34.5 Å². The molecule has 0 unspecified atom stereocenters. The second-order valence-corrected chi connectivity index (χ2v) is 6.08. The molecule has 0 heterocycles. The van der Waals surface area contributed by atoms with Crippen LogP contribution in [0.3, 0.4) is 0 Å². The molecule has 1 atom stereocenters. The first-order valence-electron chi connectivity index (χ1n) is 7.75. The van der Waals surface area contributed by atoms with E-state index in [9.17, 15) is 19.7 Å². The zero-order chi connectivity index (χ0) is 19.3. The molecule has 1 N–H and O–H groups in total. The molecule has 8 heteroatoms. The van der Waals surface area contributed by atoms with Crippen LogP contribution in [0.25, 0.3) is 0 Å². The highest BCUT2D eigenvalue weighted by Gasteiger charge is 2.24. The van der Waals surface area contributed by atoms with Crippen LogP contribution in [0, 0.1) is 17.0 Å². The molecule has 2 aromatic rings. The van der Waals surface area contributed by atoms with Crippen molar-refractivity contribution in [2.45, 2.75) is 19.9 Å². The number of aryl methyl sites for hydroxylation is 1. The van der Waals surface area contributed by atoms with E-state index in [4.69, 9.17) is 16.3 Å². The molecule has 7 nitrogen and oxygen atoms in total. The summed E-state index contributed by atoms with van der Waals surface area (Å²) in [5, 5.41) is 14.3.